The number of carbonyl (C=O) groups is 2. The predicted molar refractivity (Wildman–Crippen MR) is 124 cm³/mol. The molecule has 0 fully saturated rings. The first kappa shape index (κ1) is 22.7. The minimum absolute atomic E-state index is 0.0667. The average Bonchev–Trinajstić information content (AvgIpc) is 2.74. The van der Waals surface area contributed by atoms with Crippen molar-refractivity contribution in [1.29, 1.82) is 0 Å². The van der Waals surface area contributed by atoms with Gasteiger partial charge in [0, 0.05) is 22.4 Å². The zero-order valence-electron chi connectivity index (χ0n) is 18.4. The molecular formula is C23H27N3O4S. The van der Waals surface area contributed by atoms with Gasteiger partial charge in [-0.3, -0.25) is 9.59 Å². The van der Waals surface area contributed by atoms with Crippen LogP contribution in [0.3, 0.4) is 0 Å². The molecule has 0 saturated carbocycles. The van der Waals surface area contributed by atoms with Gasteiger partial charge in [-0.05, 0) is 35.9 Å². The highest BCUT2D eigenvalue weighted by atomic mass is 32.2. The fourth-order valence-corrected chi connectivity index (χ4v) is 3.65. The third-order valence-corrected chi connectivity index (χ3v) is 5.58. The summed E-state index contributed by atoms with van der Waals surface area (Å²) in [6, 6.07) is 13.0. The lowest BCUT2D eigenvalue weighted by Crippen LogP contribution is -2.30. The number of nitrogens with zero attached hydrogens (tertiary/aromatic N) is 2. The smallest absolute Gasteiger partial charge is 0.302 e. The summed E-state index contributed by atoms with van der Waals surface area (Å²) < 4.78 is 10.7. The number of nitrogens with one attached hydrogen (secondary N) is 1. The molecule has 0 atom stereocenters. The molecular weight excluding hydrogens is 414 g/mol. The lowest BCUT2D eigenvalue weighted by molar-refractivity contribution is -0.123. The quantitative estimate of drug-likeness (QED) is 0.699. The van der Waals surface area contributed by atoms with E-state index in [1.807, 2.05) is 63.2 Å². The molecule has 0 saturated heterocycles. The average molecular weight is 442 g/mol. The topological polar surface area (TPSA) is 80.2 Å². The summed E-state index contributed by atoms with van der Waals surface area (Å²) in [5.41, 5.74) is 2.72. The largest absolute Gasteiger partial charge is 0.493 e. The summed E-state index contributed by atoms with van der Waals surface area (Å²) in [6.07, 6.45) is 0. The van der Waals surface area contributed by atoms with E-state index in [9.17, 15) is 9.59 Å². The second kappa shape index (κ2) is 9.43. The molecule has 2 aromatic rings. The number of hydrazone groups is 1. The van der Waals surface area contributed by atoms with Gasteiger partial charge >= 0.3 is 5.24 Å². The molecule has 7 nitrogen and oxygen atoms in total. The van der Waals surface area contributed by atoms with Crippen molar-refractivity contribution in [3.05, 3.63) is 53.6 Å². The van der Waals surface area contributed by atoms with E-state index in [1.54, 1.807) is 14.2 Å². The van der Waals surface area contributed by atoms with Crippen LogP contribution in [-0.4, -0.2) is 41.8 Å². The molecule has 2 amide bonds. The molecule has 1 heterocycles. The van der Waals surface area contributed by atoms with E-state index in [2.05, 4.69) is 10.4 Å². The van der Waals surface area contributed by atoms with Crippen molar-refractivity contribution in [3.63, 3.8) is 0 Å². The monoisotopic (exact) mass is 441 g/mol. The van der Waals surface area contributed by atoms with E-state index in [1.165, 1.54) is 16.8 Å². The van der Waals surface area contributed by atoms with Crippen LogP contribution >= 0.6 is 11.8 Å². The lowest BCUT2D eigenvalue weighted by atomic mass is 9.95. The Balaban J connectivity index is 1.81. The van der Waals surface area contributed by atoms with Crippen LogP contribution in [0, 0.1) is 5.41 Å². The number of benzene rings is 2. The summed E-state index contributed by atoms with van der Waals surface area (Å²) >= 11 is 1.20. The Morgan fingerprint density at radius 1 is 1.13 bits per heavy atom. The zero-order valence-corrected chi connectivity index (χ0v) is 19.2. The number of thioether (sulfide) groups is 1. The highest BCUT2D eigenvalue weighted by Crippen LogP contribution is 2.30. The molecule has 8 heteroatoms. The molecule has 0 bridgehead atoms. The van der Waals surface area contributed by atoms with E-state index in [0.717, 1.165) is 16.8 Å². The van der Waals surface area contributed by atoms with Crippen LogP contribution in [0.15, 0.2) is 47.6 Å². The summed E-state index contributed by atoms with van der Waals surface area (Å²) in [7, 11) is 3.17. The fourth-order valence-electron chi connectivity index (χ4n) is 2.92. The number of ether oxygens (including phenoxy) is 2. The molecule has 0 spiro atoms. The molecule has 1 aliphatic heterocycles. The minimum atomic E-state index is -0.492. The van der Waals surface area contributed by atoms with Crippen molar-refractivity contribution in [2.24, 2.45) is 10.5 Å². The summed E-state index contributed by atoms with van der Waals surface area (Å²) in [5, 5.41) is 8.84. The Kier molecular flexibility index (Phi) is 6.90. The number of methoxy groups -OCH3 is 2. The first-order chi connectivity index (χ1) is 14.7. The third kappa shape index (κ3) is 5.58. The van der Waals surface area contributed by atoms with Crippen LogP contribution in [0.2, 0.25) is 0 Å². The Morgan fingerprint density at radius 3 is 2.55 bits per heavy atom. The van der Waals surface area contributed by atoms with Gasteiger partial charge < -0.3 is 14.8 Å². The van der Waals surface area contributed by atoms with Crippen molar-refractivity contribution in [2.45, 2.75) is 27.3 Å². The van der Waals surface area contributed by atoms with Gasteiger partial charge in [0.25, 0.3) is 0 Å². The Bertz CT molecular complexity index is 1010. The molecule has 1 aliphatic rings. The molecule has 0 aromatic heterocycles. The van der Waals surface area contributed by atoms with Crippen molar-refractivity contribution in [1.82, 2.24) is 5.01 Å². The highest BCUT2D eigenvalue weighted by molar-refractivity contribution is 8.14. The first-order valence-electron chi connectivity index (χ1n) is 9.86. The molecule has 2 aromatic carbocycles. The van der Waals surface area contributed by atoms with Crippen LogP contribution in [0.5, 0.6) is 11.5 Å². The highest BCUT2D eigenvalue weighted by Gasteiger charge is 2.24. The lowest BCUT2D eigenvalue weighted by Gasteiger charge is -2.24. The van der Waals surface area contributed by atoms with Gasteiger partial charge in [-0.15, -0.1) is 0 Å². The molecule has 0 aliphatic carbocycles. The molecule has 0 unspecified atom stereocenters. The minimum Gasteiger partial charge on any atom is -0.493 e. The van der Waals surface area contributed by atoms with E-state index in [-0.39, 0.29) is 11.1 Å². The molecule has 0 radical (unpaired) electrons. The van der Waals surface area contributed by atoms with Gasteiger partial charge in [0.15, 0.2) is 11.5 Å². The van der Waals surface area contributed by atoms with Crippen LogP contribution < -0.4 is 14.8 Å². The van der Waals surface area contributed by atoms with Crippen molar-refractivity contribution in [2.75, 3.05) is 25.3 Å². The maximum Gasteiger partial charge on any atom is 0.302 e. The van der Waals surface area contributed by atoms with Gasteiger partial charge in [-0.1, -0.05) is 44.7 Å². The molecule has 31 heavy (non-hydrogen) atoms. The zero-order chi connectivity index (χ0) is 22.6. The Labute approximate surface area is 186 Å². The number of hydrogen-bond acceptors (Lipinski definition) is 6. The van der Waals surface area contributed by atoms with E-state index >= 15 is 0 Å². The van der Waals surface area contributed by atoms with Crippen LogP contribution in [0.25, 0.3) is 0 Å². The summed E-state index contributed by atoms with van der Waals surface area (Å²) in [4.78, 5) is 24.7. The predicted octanol–water partition coefficient (Wildman–Crippen LogP) is 4.76. The second-order valence-corrected chi connectivity index (χ2v) is 9.06. The Morgan fingerprint density at radius 2 is 1.87 bits per heavy atom. The van der Waals surface area contributed by atoms with Gasteiger partial charge in [-0.25, -0.2) is 5.01 Å². The number of amides is 2. The number of carbonyl (C=O) groups excluding carboxylic acids is 2. The SMILES string of the molecule is COc1ccc(C2=NN(Cc3cccc(NC(=O)C(C)(C)C)c3)C(=O)SC2)cc1OC. The maximum absolute atomic E-state index is 12.5. The standard InChI is InChI=1S/C23H27N3O4S/c1-23(2,3)21(27)24-17-8-6-7-15(11-17)13-26-22(28)31-14-18(25-26)16-9-10-19(29-4)20(12-16)30-5/h6-12H,13-14H2,1-5H3,(H,24,27). The van der Waals surface area contributed by atoms with Gasteiger partial charge in [-0.2, -0.15) is 5.10 Å². The van der Waals surface area contributed by atoms with Gasteiger partial charge in [0.05, 0.1) is 26.5 Å². The van der Waals surface area contributed by atoms with Crippen molar-refractivity contribution >= 4 is 34.3 Å². The molecule has 164 valence electrons. The van der Waals surface area contributed by atoms with Gasteiger partial charge in [0.2, 0.25) is 5.91 Å². The maximum atomic E-state index is 12.5. The summed E-state index contributed by atoms with van der Waals surface area (Å²) in [5.74, 6) is 1.66. The van der Waals surface area contributed by atoms with E-state index < -0.39 is 5.41 Å². The molecule has 1 N–H and O–H groups in total. The van der Waals surface area contributed by atoms with Crippen LogP contribution in [-0.2, 0) is 11.3 Å². The second-order valence-electron chi connectivity index (χ2n) is 8.13. The van der Waals surface area contributed by atoms with Crippen molar-refractivity contribution in [3.8, 4) is 11.5 Å². The first-order valence-corrected chi connectivity index (χ1v) is 10.8. The summed E-state index contributed by atoms with van der Waals surface area (Å²) in [6.45, 7) is 5.89. The fraction of sp³-hybridized carbons (Fsp3) is 0.348. The Hall–Kier alpha value is -3.00. The van der Waals surface area contributed by atoms with Gasteiger partial charge in [0.1, 0.15) is 0 Å². The number of hydrogen-bond donors (Lipinski definition) is 1. The number of anilines is 1. The third-order valence-electron chi connectivity index (χ3n) is 4.70. The van der Waals surface area contributed by atoms with E-state index in [4.69, 9.17) is 9.47 Å². The van der Waals surface area contributed by atoms with Crippen molar-refractivity contribution < 1.29 is 19.1 Å². The van der Waals surface area contributed by atoms with Crippen LogP contribution in [0.1, 0.15) is 31.9 Å². The van der Waals surface area contributed by atoms with E-state index in [0.29, 0.717) is 29.5 Å². The molecule has 3 rings (SSSR count). The normalized spacial score (nSPS) is 14.2. The number of rotatable bonds is 6. The van der Waals surface area contributed by atoms with Crippen LogP contribution in [0.4, 0.5) is 10.5 Å².